The van der Waals surface area contributed by atoms with E-state index in [1.165, 1.54) is 6.07 Å². The van der Waals surface area contributed by atoms with E-state index in [1.807, 2.05) is 6.07 Å². The zero-order valence-corrected chi connectivity index (χ0v) is 13.2. The number of rotatable bonds is 3. The Bertz CT molecular complexity index is 657. The van der Waals surface area contributed by atoms with E-state index in [4.69, 9.17) is 16.3 Å². The summed E-state index contributed by atoms with van der Waals surface area (Å²) in [5.74, 6) is 0.861. The molecule has 3 nitrogen and oxygen atoms in total. The van der Waals surface area contributed by atoms with Crippen molar-refractivity contribution in [2.45, 2.75) is 18.8 Å². The Morgan fingerprint density at radius 2 is 2.05 bits per heavy atom. The van der Waals surface area contributed by atoms with Gasteiger partial charge in [0.1, 0.15) is 11.6 Å². The maximum Gasteiger partial charge on any atom is 0.123 e. The van der Waals surface area contributed by atoms with Crippen molar-refractivity contribution in [2.75, 3.05) is 25.1 Å². The van der Waals surface area contributed by atoms with Crippen LogP contribution >= 0.6 is 11.6 Å². The first kappa shape index (κ1) is 15.1. The number of ether oxygens (including phenoxy) is 1. The highest BCUT2D eigenvalue weighted by atomic mass is 35.5. The van der Waals surface area contributed by atoms with Gasteiger partial charge in [0.05, 0.1) is 17.8 Å². The molecule has 5 heteroatoms. The van der Waals surface area contributed by atoms with Gasteiger partial charge in [0.25, 0.3) is 0 Å². The zero-order valence-electron chi connectivity index (χ0n) is 12.4. The molecule has 0 saturated carbocycles. The van der Waals surface area contributed by atoms with E-state index in [1.54, 1.807) is 31.6 Å². The fourth-order valence-corrected chi connectivity index (χ4v) is 3.32. The first-order valence-corrected chi connectivity index (χ1v) is 7.74. The Morgan fingerprint density at radius 1 is 1.27 bits per heavy atom. The summed E-state index contributed by atoms with van der Waals surface area (Å²) in [7, 11) is 1.63. The molecule has 1 aliphatic rings. The third-order valence-corrected chi connectivity index (χ3v) is 4.51. The predicted molar refractivity (Wildman–Crippen MR) is 86.4 cm³/mol. The van der Waals surface area contributed by atoms with Crippen LogP contribution in [0.4, 0.5) is 10.1 Å². The average molecular weight is 321 g/mol. The summed E-state index contributed by atoms with van der Waals surface area (Å²) in [6.45, 7) is 1.77. The number of hydrogen-bond donors (Lipinski definition) is 0. The van der Waals surface area contributed by atoms with Crippen LogP contribution in [-0.4, -0.2) is 25.2 Å². The lowest BCUT2D eigenvalue weighted by molar-refractivity contribution is 0.395. The number of piperidine rings is 1. The predicted octanol–water partition coefficient (Wildman–Crippen LogP) is 4.27. The summed E-state index contributed by atoms with van der Waals surface area (Å²) in [5, 5.41) is 0.671. The molecule has 1 aliphatic heterocycles. The zero-order chi connectivity index (χ0) is 15.5. The second-order valence-electron chi connectivity index (χ2n) is 5.47. The summed E-state index contributed by atoms with van der Waals surface area (Å²) in [5.41, 5.74) is 1.98. The first-order valence-electron chi connectivity index (χ1n) is 7.37. The minimum absolute atomic E-state index is 0.213. The van der Waals surface area contributed by atoms with Crippen molar-refractivity contribution in [1.29, 1.82) is 0 Å². The number of nitrogens with zero attached hydrogens (tertiary/aromatic N) is 2. The molecule has 0 N–H and O–H groups in total. The summed E-state index contributed by atoms with van der Waals surface area (Å²) in [4.78, 5) is 6.27. The molecule has 2 aromatic rings. The van der Waals surface area contributed by atoms with E-state index in [0.717, 1.165) is 42.9 Å². The number of hydrogen-bond acceptors (Lipinski definition) is 3. The standard InChI is InChI=1S/C17H18ClFN2O/c1-22-17-3-2-13(19)10-14(17)12-5-8-21(9-6-12)16-4-7-20-11-15(16)18/h2-4,7,10-12H,5-6,8-9H2,1H3. The van der Waals surface area contributed by atoms with Gasteiger partial charge in [-0.3, -0.25) is 4.98 Å². The smallest absolute Gasteiger partial charge is 0.123 e. The normalized spacial score (nSPS) is 15.9. The van der Waals surface area contributed by atoms with Crippen molar-refractivity contribution >= 4 is 17.3 Å². The number of benzene rings is 1. The van der Waals surface area contributed by atoms with Crippen LogP contribution in [0.25, 0.3) is 0 Å². The van der Waals surface area contributed by atoms with E-state index in [9.17, 15) is 4.39 Å². The number of pyridine rings is 1. The molecule has 22 heavy (non-hydrogen) atoms. The number of aromatic nitrogens is 1. The minimum atomic E-state index is -0.213. The molecule has 2 heterocycles. The van der Waals surface area contributed by atoms with E-state index in [-0.39, 0.29) is 5.82 Å². The highest BCUT2D eigenvalue weighted by molar-refractivity contribution is 6.33. The maximum atomic E-state index is 13.5. The van der Waals surface area contributed by atoms with Crippen LogP contribution in [0.5, 0.6) is 5.75 Å². The van der Waals surface area contributed by atoms with Gasteiger partial charge in [-0.05, 0) is 43.0 Å². The number of methoxy groups -OCH3 is 1. The van der Waals surface area contributed by atoms with Gasteiger partial charge in [-0.1, -0.05) is 11.6 Å². The Labute approximate surface area is 134 Å². The molecule has 0 unspecified atom stereocenters. The van der Waals surface area contributed by atoms with Crippen LogP contribution in [0, 0.1) is 5.82 Å². The fraction of sp³-hybridized carbons (Fsp3) is 0.353. The van der Waals surface area contributed by atoms with Gasteiger partial charge < -0.3 is 9.64 Å². The Kier molecular flexibility index (Phi) is 4.48. The minimum Gasteiger partial charge on any atom is -0.496 e. The van der Waals surface area contributed by atoms with Crippen LogP contribution in [-0.2, 0) is 0 Å². The lowest BCUT2D eigenvalue weighted by atomic mass is 9.88. The largest absolute Gasteiger partial charge is 0.496 e. The molecule has 1 saturated heterocycles. The van der Waals surface area contributed by atoms with Crippen LogP contribution in [0.1, 0.15) is 24.3 Å². The summed E-state index contributed by atoms with van der Waals surface area (Å²) < 4.78 is 18.9. The molecule has 0 atom stereocenters. The second-order valence-corrected chi connectivity index (χ2v) is 5.88. The molecular weight excluding hydrogens is 303 g/mol. The van der Waals surface area contributed by atoms with Crippen molar-refractivity contribution in [1.82, 2.24) is 4.98 Å². The van der Waals surface area contributed by atoms with Crippen LogP contribution in [0.2, 0.25) is 5.02 Å². The van der Waals surface area contributed by atoms with Crippen molar-refractivity contribution in [3.05, 3.63) is 53.1 Å². The fourth-order valence-electron chi connectivity index (χ4n) is 3.08. The monoisotopic (exact) mass is 320 g/mol. The molecular formula is C17H18ClFN2O. The Hall–Kier alpha value is -1.81. The molecule has 1 fully saturated rings. The SMILES string of the molecule is COc1ccc(F)cc1C1CCN(c2ccncc2Cl)CC1. The lowest BCUT2D eigenvalue weighted by Gasteiger charge is -2.34. The molecule has 3 rings (SSSR count). The molecule has 116 valence electrons. The number of halogens is 2. The molecule has 0 bridgehead atoms. The maximum absolute atomic E-state index is 13.5. The van der Waals surface area contributed by atoms with Crippen LogP contribution in [0.15, 0.2) is 36.7 Å². The van der Waals surface area contributed by atoms with Crippen molar-refractivity contribution in [3.63, 3.8) is 0 Å². The summed E-state index contributed by atoms with van der Waals surface area (Å²) in [6.07, 6.45) is 5.30. The molecule has 0 spiro atoms. The first-order chi connectivity index (χ1) is 10.7. The second kappa shape index (κ2) is 6.53. The third-order valence-electron chi connectivity index (χ3n) is 4.22. The summed E-state index contributed by atoms with van der Waals surface area (Å²) >= 11 is 6.21. The highest BCUT2D eigenvalue weighted by Crippen LogP contribution is 2.37. The van der Waals surface area contributed by atoms with Gasteiger partial charge >= 0.3 is 0 Å². The highest BCUT2D eigenvalue weighted by Gasteiger charge is 2.24. The van der Waals surface area contributed by atoms with Gasteiger partial charge in [0.15, 0.2) is 0 Å². The van der Waals surface area contributed by atoms with Gasteiger partial charge in [-0.2, -0.15) is 0 Å². The molecule has 0 radical (unpaired) electrons. The van der Waals surface area contributed by atoms with E-state index in [0.29, 0.717) is 10.9 Å². The van der Waals surface area contributed by atoms with E-state index < -0.39 is 0 Å². The van der Waals surface area contributed by atoms with E-state index >= 15 is 0 Å². The average Bonchev–Trinajstić information content (AvgIpc) is 2.55. The summed E-state index contributed by atoms with van der Waals surface area (Å²) in [6, 6.07) is 6.68. The van der Waals surface area contributed by atoms with Crippen molar-refractivity contribution in [3.8, 4) is 5.75 Å². The van der Waals surface area contributed by atoms with Crippen LogP contribution in [0.3, 0.4) is 0 Å². The Balaban J connectivity index is 1.75. The lowest BCUT2D eigenvalue weighted by Crippen LogP contribution is -2.33. The van der Waals surface area contributed by atoms with Crippen molar-refractivity contribution in [2.24, 2.45) is 0 Å². The van der Waals surface area contributed by atoms with E-state index in [2.05, 4.69) is 9.88 Å². The molecule has 0 aliphatic carbocycles. The molecule has 1 aromatic heterocycles. The Morgan fingerprint density at radius 3 is 2.73 bits per heavy atom. The molecule has 0 amide bonds. The number of anilines is 1. The van der Waals surface area contributed by atoms with Gasteiger partial charge in [0.2, 0.25) is 0 Å². The van der Waals surface area contributed by atoms with Crippen LogP contribution < -0.4 is 9.64 Å². The van der Waals surface area contributed by atoms with Gasteiger partial charge in [-0.25, -0.2) is 4.39 Å². The van der Waals surface area contributed by atoms with Gasteiger partial charge in [-0.15, -0.1) is 0 Å². The quantitative estimate of drug-likeness (QED) is 0.844. The van der Waals surface area contributed by atoms with Gasteiger partial charge in [0, 0.05) is 31.0 Å². The van der Waals surface area contributed by atoms with Crippen molar-refractivity contribution < 1.29 is 9.13 Å². The third kappa shape index (κ3) is 3.02. The topological polar surface area (TPSA) is 25.4 Å². The molecule has 1 aromatic carbocycles.